The number of benzene rings is 1. The van der Waals surface area contributed by atoms with Gasteiger partial charge in [0.1, 0.15) is 0 Å². The van der Waals surface area contributed by atoms with E-state index in [1.165, 1.54) is 12.4 Å². The lowest BCUT2D eigenvalue weighted by atomic mass is 10.1. The van der Waals surface area contributed by atoms with Crippen LogP contribution in [0.1, 0.15) is 11.1 Å². The number of hydrazone groups is 2. The first-order valence-corrected chi connectivity index (χ1v) is 5.28. The Bertz CT molecular complexity index is 548. The van der Waals surface area contributed by atoms with Crippen LogP contribution in [-0.2, 0) is 0 Å². The van der Waals surface area contributed by atoms with Gasteiger partial charge in [-0.1, -0.05) is 18.2 Å². The van der Waals surface area contributed by atoms with Gasteiger partial charge in [-0.25, -0.2) is 0 Å². The fraction of sp³-hybridized carbons (Fsp3) is 0. The molecule has 1 aromatic carbocycles. The van der Waals surface area contributed by atoms with Crippen molar-refractivity contribution in [2.45, 2.75) is 0 Å². The molecule has 20 heavy (non-hydrogen) atoms. The molecular weight excluding hydrogens is 264 g/mol. The Morgan fingerprint density at radius 2 is 1.30 bits per heavy atom. The summed E-state index contributed by atoms with van der Waals surface area (Å²) in [6.45, 7) is 0. The van der Waals surface area contributed by atoms with Gasteiger partial charge in [0.05, 0.1) is 12.4 Å². The number of hydrogen-bond acceptors (Lipinski definition) is 4. The molecule has 0 saturated carbocycles. The molecule has 0 aliphatic rings. The van der Waals surface area contributed by atoms with Crippen molar-refractivity contribution in [1.29, 1.82) is 0 Å². The van der Waals surface area contributed by atoms with Gasteiger partial charge < -0.3 is 10.4 Å². The molecule has 0 aliphatic heterocycles. The molecule has 10 nitrogen and oxygen atoms in total. The summed E-state index contributed by atoms with van der Waals surface area (Å²) in [6, 6.07) is 6.66. The van der Waals surface area contributed by atoms with E-state index in [1.807, 2.05) is 0 Å². The number of nitrogens with zero attached hydrogens (tertiary/aromatic N) is 4. The highest BCUT2D eigenvalue weighted by atomic mass is 16.5. The van der Waals surface area contributed by atoms with Crippen LogP contribution in [0.2, 0.25) is 0 Å². The lowest BCUT2D eigenvalue weighted by molar-refractivity contribution is -0.464. The van der Waals surface area contributed by atoms with Gasteiger partial charge in [0.25, 0.3) is 0 Å². The lowest BCUT2D eigenvalue weighted by Gasteiger charge is -2.03. The topological polar surface area (TPSA) is 181 Å². The monoisotopic (exact) mass is 278 g/mol. The van der Waals surface area contributed by atoms with Gasteiger partial charge in [0.15, 0.2) is 0 Å². The largest absolute Gasteiger partial charge is 0.722 e. The van der Waals surface area contributed by atoms with Gasteiger partial charge in [0, 0.05) is 0 Å². The molecule has 10 heteroatoms. The smallest absolute Gasteiger partial charge is 0.366 e. The summed E-state index contributed by atoms with van der Waals surface area (Å²) in [5, 5.41) is 29.0. The quantitative estimate of drug-likeness (QED) is 0.161. The Balaban J connectivity index is 2.93. The second-order valence-electron chi connectivity index (χ2n) is 3.55. The summed E-state index contributed by atoms with van der Waals surface area (Å²) >= 11 is 0. The Labute approximate surface area is 114 Å². The summed E-state index contributed by atoms with van der Waals surface area (Å²) in [5.74, 6) is -0.954. The van der Waals surface area contributed by atoms with E-state index < -0.39 is 11.9 Å². The predicted octanol–water partition coefficient (Wildman–Crippen LogP) is -2.08. The van der Waals surface area contributed by atoms with Crippen molar-refractivity contribution in [1.82, 2.24) is 0 Å². The molecule has 0 heterocycles. The van der Waals surface area contributed by atoms with Crippen LogP contribution in [0.4, 0.5) is 0 Å². The lowest BCUT2D eigenvalue weighted by Crippen LogP contribution is -2.30. The van der Waals surface area contributed by atoms with Gasteiger partial charge in [-0.3, -0.25) is 22.9 Å². The van der Waals surface area contributed by atoms with Crippen LogP contribution in [0.25, 0.3) is 0 Å². The third-order valence-electron chi connectivity index (χ3n) is 1.98. The second-order valence-corrected chi connectivity index (χ2v) is 3.55. The van der Waals surface area contributed by atoms with E-state index in [9.17, 15) is 10.4 Å². The molecule has 0 spiro atoms. The molecule has 0 aliphatic carbocycles. The zero-order chi connectivity index (χ0) is 15.1. The minimum Gasteiger partial charge on any atom is -0.722 e. The highest BCUT2D eigenvalue weighted by Gasteiger charge is 1.94. The highest BCUT2D eigenvalue weighted by molar-refractivity contribution is 5.86. The summed E-state index contributed by atoms with van der Waals surface area (Å²) in [7, 11) is 0. The Morgan fingerprint density at radius 3 is 1.65 bits per heavy atom. The van der Waals surface area contributed by atoms with Gasteiger partial charge in [0.2, 0.25) is 0 Å². The Hall–Kier alpha value is -3.30. The molecule has 0 amide bonds. The van der Waals surface area contributed by atoms with E-state index in [0.717, 1.165) is 0 Å². The van der Waals surface area contributed by atoms with Gasteiger partial charge in [-0.05, 0) is 17.2 Å². The van der Waals surface area contributed by atoms with E-state index in [2.05, 4.69) is 10.2 Å². The number of guanidine groups is 2. The maximum atomic E-state index is 11.0. The average Bonchev–Trinajstić information content (AvgIpc) is 2.42. The minimum atomic E-state index is -0.477. The van der Waals surface area contributed by atoms with Gasteiger partial charge in [-0.2, -0.15) is 0 Å². The fourth-order valence-corrected chi connectivity index (χ4v) is 1.09. The molecular formula is C10H14N8O2. The van der Waals surface area contributed by atoms with Crippen LogP contribution in [0.15, 0.2) is 34.5 Å². The number of rotatable bonds is 4. The van der Waals surface area contributed by atoms with Crippen molar-refractivity contribution in [2.75, 3.05) is 0 Å². The van der Waals surface area contributed by atoms with Crippen molar-refractivity contribution in [3.8, 4) is 0 Å². The Kier molecular flexibility index (Phi) is 4.86. The molecule has 0 radical (unpaired) electrons. The summed E-state index contributed by atoms with van der Waals surface area (Å²) in [5.41, 5.74) is 21.3. The molecule has 8 N–H and O–H groups in total. The van der Waals surface area contributed by atoms with Crippen LogP contribution in [0, 0.1) is 10.4 Å². The van der Waals surface area contributed by atoms with Crippen molar-refractivity contribution >= 4 is 24.3 Å². The fourth-order valence-electron chi connectivity index (χ4n) is 1.09. The van der Waals surface area contributed by atoms with Crippen LogP contribution in [0.5, 0.6) is 0 Å². The van der Waals surface area contributed by atoms with Crippen molar-refractivity contribution in [3.63, 3.8) is 0 Å². The van der Waals surface area contributed by atoms with Gasteiger partial charge in [-0.15, -0.1) is 19.9 Å². The van der Waals surface area contributed by atoms with Crippen molar-refractivity contribution < 1.29 is 9.70 Å². The zero-order valence-corrected chi connectivity index (χ0v) is 10.4. The third kappa shape index (κ3) is 4.52. The first kappa shape index (κ1) is 14.8. The molecule has 106 valence electrons. The maximum Gasteiger partial charge on any atom is 0.366 e. The first-order valence-electron chi connectivity index (χ1n) is 5.28. The number of nitrogens with two attached hydrogens (primary N) is 4. The summed E-state index contributed by atoms with van der Waals surface area (Å²) < 4.78 is 0. The summed E-state index contributed by atoms with van der Waals surface area (Å²) in [6.07, 6.45) is 2.50. The highest BCUT2D eigenvalue weighted by Crippen LogP contribution is 2.01. The van der Waals surface area contributed by atoms with Crippen LogP contribution < -0.4 is 22.9 Å². The molecule has 0 fully saturated rings. The van der Waals surface area contributed by atoms with Crippen molar-refractivity contribution in [2.24, 2.45) is 33.1 Å². The zero-order valence-electron chi connectivity index (χ0n) is 10.4. The number of hydrogen-bond donors (Lipinski definition) is 4. The van der Waals surface area contributed by atoms with E-state index in [1.54, 1.807) is 24.3 Å². The molecule has 0 bridgehead atoms. The van der Waals surface area contributed by atoms with E-state index >= 15 is 0 Å². The van der Waals surface area contributed by atoms with E-state index in [-0.39, 0.29) is 9.70 Å². The molecule has 1 rings (SSSR count). The van der Waals surface area contributed by atoms with E-state index in [0.29, 0.717) is 11.1 Å². The van der Waals surface area contributed by atoms with Crippen LogP contribution in [0.3, 0.4) is 0 Å². The molecule has 1 aromatic rings. The molecule has 0 unspecified atom stereocenters. The van der Waals surface area contributed by atoms with Crippen molar-refractivity contribution in [3.05, 3.63) is 45.8 Å². The predicted molar refractivity (Wildman–Crippen MR) is 75.6 cm³/mol. The third-order valence-corrected chi connectivity index (χ3v) is 1.98. The maximum absolute atomic E-state index is 11.0. The van der Waals surface area contributed by atoms with Crippen LogP contribution >= 0.6 is 0 Å². The SMILES string of the molecule is NC(N)=[N+]([O-])N=Cc1cccc(C=N[N+]([O-])=C(N)N)c1. The standard InChI is InChI=1S/C10H14N8O2/c11-9(12)17(19)15-5-7-2-1-3-8(4-7)6-16-18(20)10(13)14/h1-6H,11-14H2. The molecule has 0 saturated heterocycles. The summed E-state index contributed by atoms with van der Waals surface area (Å²) in [4.78, 5) is 0.147. The van der Waals surface area contributed by atoms with Crippen LogP contribution in [-0.4, -0.2) is 34.0 Å². The molecule has 0 aromatic heterocycles. The molecule has 0 atom stereocenters. The average molecular weight is 278 g/mol. The van der Waals surface area contributed by atoms with Gasteiger partial charge >= 0.3 is 11.9 Å². The normalized spacial score (nSPS) is 10.8. The van der Waals surface area contributed by atoms with E-state index in [4.69, 9.17) is 22.9 Å². The second kappa shape index (κ2) is 6.58. The first-order chi connectivity index (χ1) is 9.40. The Morgan fingerprint density at radius 1 is 0.900 bits per heavy atom. The minimum absolute atomic E-state index is 0.0736.